The maximum Gasteiger partial charge on any atom is 0.242 e. The summed E-state index contributed by atoms with van der Waals surface area (Å²) in [5, 5.41) is 7.08. The van der Waals surface area contributed by atoms with Crippen molar-refractivity contribution in [2.24, 2.45) is 0 Å². The van der Waals surface area contributed by atoms with E-state index in [9.17, 15) is 4.79 Å². The highest BCUT2D eigenvalue weighted by atomic mass is 16.2. The molecular weight excluding hydrogens is 288 g/mol. The van der Waals surface area contributed by atoms with Crippen molar-refractivity contribution < 1.29 is 4.79 Å². The van der Waals surface area contributed by atoms with Crippen molar-refractivity contribution in [1.82, 2.24) is 20.1 Å². The van der Waals surface area contributed by atoms with Crippen LogP contribution in [0.25, 0.3) is 11.1 Å². The molecule has 23 heavy (non-hydrogen) atoms. The molecule has 2 heterocycles. The number of aryl methyl sites for hydroxylation is 1. The van der Waals surface area contributed by atoms with Crippen LogP contribution < -0.4 is 5.32 Å². The van der Waals surface area contributed by atoms with Gasteiger partial charge in [0, 0.05) is 36.4 Å². The van der Waals surface area contributed by atoms with Crippen LogP contribution in [0.3, 0.4) is 0 Å². The van der Waals surface area contributed by atoms with E-state index in [4.69, 9.17) is 0 Å². The molecule has 3 aromatic rings. The second-order valence-corrected chi connectivity index (χ2v) is 5.31. The van der Waals surface area contributed by atoms with Crippen molar-refractivity contribution in [2.45, 2.75) is 20.0 Å². The lowest BCUT2D eigenvalue weighted by molar-refractivity contribution is -0.122. The van der Waals surface area contributed by atoms with Crippen LogP contribution in [0, 0.1) is 6.92 Å². The smallest absolute Gasteiger partial charge is 0.242 e. The molecule has 2 aromatic heterocycles. The molecule has 0 atom stereocenters. The van der Waals surface area contributed by atoms with Crippen LogP contribution in [-0.2, 0) is 17.9 Å². The van der Waals surface area contributed by atoms with Crippen LogP contribution in [0.1, 0.15) is 11.3 Å². The first-order valence-corrected chi connectivity index (χ1v) is 7.47. The predicted molar refractivity (Wildman–Crippen MR) is 88.5 cm³/mol. The summed E-state index contributed by atoms with van der Waals surface area (Å²) in [7, 11) is 0. The molecular formula is C18H18N4O. The molecule has 1 amide bonds. The average molecular weight is 306 g/mol. The van der Waals surface area contributed by atoms with E-state index in [1.165, 1.54) is 0 Å². The summed E-state index contributed by atoms with van der Waals surface area (Å²) in [6.45, 7) is 2.64. The molecule has 0 aliphatic rings. The summed E-state index contributed by atoms with van der Waals surface area (Å²) in [5.41, 5.74) is 4.15. The Labute approximate surface area is 135 Å². The number of hydrogen-bond acceptors (Lipinski definition) is 3. The lowest BCUT2D eigenvalue weighted by atomic mass is 10.0. The van der Waals surface area contributed by atoms with Gasteiger partial charge in [0.05, 0.1) is 0 Å². The second kappa shape index (κ2) is 6.87. The Balaban J connectivity index is 1.69. The first-order valence-electron chi connectivity index (χ1n) is 7.47. The molecule has 5 nitrogen and oxygen atoms in total. The molecule has 3 rings (SSSR count). The van der Waals surface area contributed by atoms with Crippen molar-refractivity contribution in [3.63, 3.8) is 0 Å². The van der Waals surface area contributed by atoms with Crippen LogP contribution in [-0.4, -0.2) is 20.7 Å². The number of amides is 1. The van der Waals surface area contributed by atoms with Crippen molar-refractivity contribution in [3.05, 3.63) is 72.3 Å². The lowest BCUT2D eigenvalue weighted by Gasteiger charge is -2.11. The number of aromatic nitrogens is 3. The Morgan fingerprint density at radius 3 is 2.74 bits per heavy atom. The summed E-state index contributed by atoms with van der Waals surface area (Å²) in [5.74, 6) is -0.0576. The number of hydrogen-bond donors (Lipinski definition) is 1. The third-order valence-corrected chi connectivity index (χ3v) is 3.69. The Bertz CT molecular complexity index is 796. The maximum absolute atomic E-state index is 12.1. The fourth-order valence-electron chi connectivity index (χ4n) is 2.43. The number of nitrogens with zero attached hydrogens (tertiary/aromatic N) is 3. The summed E-state index contributed by atoms with van der Waals surface area (Å²) >= 11 is 0. The van der Waals surface area contributed by atoms with Gasteiger partial charge in [-0.15, -0.1) is 0 Å². The minimum Gasteiger partial charge on any atom is -0.350 e. The van der Waals surface area contributed by atoms with Gasteiger partial charge in [0.1, 0.15) is 6.54 Å². The summed E-state index contributed by atoms with van der Waals surface area (Å²) in [6.07, 6.45) is 5.27. The molecule has 0 radical (unpaired) electrons. The molecule has 0 fully saturated rings. The number of rotatable bonds is 5. The molecule has 116 valence electrons. The van der Waals surface area contributed by atoms with Crippen molar-refractivity contribution in [2.75, 3.05) is 0 Å². The van der Waals surface area contributed by atoms with Crippen LogP contribution >= 0.6 is 0 Å². The van der Waals surface area contributed by atoms with Crippen LogP contribution in [0.2, 0.25) is 0 Å². The number of nitrogens with one attached hydrogen (secondary N) is 1. The zero-order valence-electron chi connectivity index (χ0n) is 12.9. The predicted octanol–water partition coefficient (Wildman–Crippen LogP) is 2.57. The van der Waals surface area contributed by atoms with Gasteiger partial charge in [0.15, 0.2) is 0 Å². The average Bonchev–Trinajstić information content (AvgIpc) is 2.99. The number of benzene rings is 1. The number of carbonyl (C=O) groups is 1. The van der Waals surface area contributed by atoms with E-state index < -0.39 is 0 Å². The highest BCUT2D eigenvalue weighted by Crippen LogP contribution is 2.22. The van der Waals surface area contributed by atoms with Crippen molar-refractivity contribution >= 4 is 5.91 Å². The van der Waals surface area contributed by atoms with Gasteiger partial charge in [-0.25, -0.2) is 0 Å². The second-order valence-electron chi connectivity index (χ2n) is 5.31. The third kappa shape index (κ3) is 3.63. The molecule has 0 aliphatic heterocycles. The largest absolute Gasteiger partial charge is 0.350 e. The Morgan fingerprint density at radius 2 is 2.00 bits per heavy atom. The number of carbonyl (C=O) groups excluding carboxylic acids is 1. The normalized spacial score (nSPS) is 10.5. The topological polar surface area (TPSA) is 59.8 Å². The first kappa shape index (κ1) is 15.0. The van der Waals surface area contributed by atoms with Gasteiger partial charge in [0.2, 0.25) is 5.91 Å². The standard InChI is InChI=1S/C18H18N4O/c1-14-8-10-21-22(14)13-18(23)20-12-16-5-2-3-7-17(16)15-6-4-9-19-11-15/h2-11H,12-13H2,1H3,(H,20,23). The highest BCUT2D eigenvalue weighted by Gasteiger charge is 2.08. The Morgan fingerprint density at radius 1 is 1.13 bits per heavy atom. The summed E-state index contributed by atoms with van der Waals surface area (Å²) in [4.78, 5) is 16.3. The molecule has 1 aromatic carbocycles. The monoisotopic (exact) mass is 306 g/mol. The van der Waals surface area contributed by atoms with Gasteiger partial charge < -0.3 is 5.32 Å². The minimum absolute atomic E-state index is 0.0576. The van der Waals surface area contributed by atoms with Crippen molar-refractivity contribution in [1.29, 1.82) is 0 Å². The van der Waals surface area contributed by atoms with Gasteiger partial charge in [0.25, 0.3) is 0 Å². The number of pyridine rings is 1. The lowest BCUT2D eigenvalue weighted by Crippen LogP contribution is -2.28. The van der Waals surface area contributed by atoms with E-state index >= 15 is 0 Å². The van der Waals surface area contributed by atoms with Crippen molar-refractivity contribution in [3.8, 4) is 11.1 Å². The first-order chi connectivity index (χ1) is 11.2. The third-order valence-electron chi connectivity index (χ3n) is 3.69. The van der Waals surface area contributed by atoms with Gasteiger partial charge in [-0.05, 0) is 30.2 Å². The van der Waals surface area contributed by atoms with E-state index in [0.29, 0.717) is 6.54 Å². The van der Waals surface area contributed by atoms with Crippen LogP contribution in [0.5, 0.6) is 0 Å². The SMILES string of the molecule is Cc1ccnn1CC(=O)NCc1ccccc1-c1cccnc1. The molecule has 0 saturated carbocycles. The minimum atomic E-state index is -0.0576. The Kier molecular flexibility index (Phi) is 4.47. The Hall–Kier alpha value is -2.95. The summed E-state index contributed by atoms with van der Waals surface area (Å²) in [6, 6.07) is 13.8. The molecule has 5 heteroatoms. The molecule has 0 bridgehead atoms. The van der Waals surface area contributed by atoms with Gasteiger partial charge in [-0.1, -0.05) is 30.3 Å². The maximum atomic E-state index is 12.1. The fourth-order valence-corrected chi connectivity index (χ4v) is 2.43. The molecule has 0 aliphatic carbocycles. The molecule has 0 spiro atoms. The van der Waals surface area contributed by atoms with Gasteiger partial charge in [-0.3, -0.25) is 14.5 Å². The van der Waals surface area contributed by atoms with Crippen LogP contribution in [0.4, 0.5) is 0 Å². The summed E-state index contributed by atoms with van der Waals surface area (Å²) < 4.78 is 1.68. The molecule has 0 unspecified atom stereocenters. The fraction of sp³-hybridized carbons (Fsp3) is 0.167. The van der Waals surface area contributed by atoms with E-state index in [-0.39, 0.29) is 12.5 Å². The van der Waals surface area contributed by atoms with E-state index in [1.54, 1.807) is 17.1 Å². The van der Waals surface area contributed by atoms with Gasteiger partial charge >= 0.3 is 0 Å². The molecule has 1 N–H and O–H groups in total. The quantitative estimate of drug-likeness (QED) is 0.788. The zero-order valence-corrected chi connectivity index (χ0v) is 12.9. The van der Waals surface area contributed by atoms with E-state index in [2.05, 4.69) is 15.4 Å². The zero-order chi connectivity index (χ0) is 16.1. The van der Waals surface area contributed by atoms with Gasteiger partial charge in [-0.2, -0.15) is 5.10 Å². The van der Waals surface area contributed by atoms with E-state index in [0.717, 1.165) is 22.4 Å². The van der Waals surface area contributed by atoms with E-state index in [1.807, 2.05) is 55.6 Å². The van der Waals surface area contributed by atoms with Crippen LogP contribution in [0.15, 0.2) is 61.1 Å². The molecule has 0 saturated heterocycles. The highest BCUT2D eigenvalue weighted by molar-refractivity contribution is 5.76.